The van der Waals surface area contributed by atoms with Gasteiger partial charge in [0, 0.05) is 11.7 Å². The van der Waals surface area contributed by atoms with Crippen LogP contribution in [0.25, 0.3) is 0 Å². The Labute approximate surface area is 124 Å². The average molecular weight is 285 g/mol. The Hall–Kier alpha value is -2.35. The molecule has 1 aromatic rings. The Morgan fingerprint density at radius 3 is 2.62 bits per heavy atom. The molecule has 0 bridgehead atoms. The zero-order chi connectivity index (χ0) is 15.4. The summed E-state index contributed by atoms with van der Waals surface area (Å²) in [4.78, 5) is 25.6. The van der Waals surface area contributed by atoms with Gasteiger partial charge in [-0.3, -0.25) is 14.5 Å². The fourth-order valence-corrected chi connectivity index (χ4v) is 2.42. The lowest BCUT2D eigenvalue weighted by Gasteiger charge is -2.21. The van der Waals surface area contributed by atoms with Crippen molar-refractivity contribution in [3.05, 3.63) is 29.8 Å². The zero-order valence-electron chi connectivity index (χ0n) is 12.3. The largest absolute Gasteiger partial charge is 0.373 e. The van der Waals surface area contributed by atoms with Gasteiger partial charge in [0.1, 0.15) is 6.04 Å². The average Bonchev–Trinajstić information content (AvgIpc) is 2.75. The number of likely N-dealkylation sites (tertiary alicyclic amines) is 1. The minimum Gasteiger partial charge on any atom is -0.373 e. The summed E-state index contributed by atoms with van der Waals surface area (Å²) < 4.78 is 0. The second-order valence-corrected chi connectivity index (χ2v) is 5.29. The molecule has 5 nitrogen and oxygen atoms in total. The van der Waals surface area contributed by atoms with E-state index in [1.807, 2.05) is 38.1 Å². The molecule has 1 saturated heterocycles. The summed E-state index contributed by atoms with van der Waals surface area (Å²) in [7, 11) is 0. The van der Waals surface area contributed by atoms with E-state index in [4.69, 9.17) is 5.26 Å². The van der Waals surface area contributed by atoms with Crippen molar-refractivity contribution >= 4 is 17.5 Å². The summed E-state index contributed by atoms with van der Waals surface area (Å²) in [5.74, 6) is -0.275. The van der Waals surface area contributed by atoms with Gasteiger partial charge >= 0.3 is 0 Å². The number of imide groups is 1. The number of rotatable bonds is 5. The number of nitrogens with zero attached hydrogens (tertiary/aromatic N) is 2. The standard InChI is InChI=1S/C16H19N3O2/c1-3-11(2)19-15(20)10-14(16(19)21)18-13-6-4-12(5-7-13)8-9-17/h4-7,11,14,18H,3,8,10H2,1-2H3. The van der Waals surface area contributed by atoms with E-state index in [1.165, 1.54) is 4.90 Å². The predicted molar refractivity (Wildman–Crippen MR) is 79.4 cm³/mol. The van der Waals surface area contributed by atoms with Gasteiger partial charge in [-0.25, -0.2) is 0 Å². The highest BCUT2D eigenvalue weighted by Crippen LogP contribution is 2.21. The lowest BCUT2D eigenvalue weighted by atomic mass is 10.1. The second-order valence-electron chi connectivity index (χ2n) is 5.29. The van der Waals surface area contributed by atoms with Crippen molar-refractivity contribution in [3.63, 3.8) is 0 Å². The van der Waals surface area contributed by atoms with E-state index in [-0.39, 0.29) is 24.3 Å². The molecule has 0 spiro atoms. The van der Waals surface area contributed by atoms with E-state index >= 15 is 0 Å². The number of nitrogens with one attached hydrogen (secondary N) is 1. The van der Waals surface area contributed by atoms with Gasteiger partial charge in [0.25, 0.3) is 5.91 Å². The van der Waals surface area contributed by atoms with Crippen LogP contribution >= 0.6 is 0 Å². The van der Waals surface area contributed by atoms with Crippen LogP contribution in [0.2, 0.25) is 0 Å². The number of carbonyl (C=O) groups excluding carboxylic acids is 2. The number of benzene rings is 1. The molecule has 1 fully saturated rings. The molecule has 1 heterocycles. The monoisotopic (exact) mass is 285 g/mol. The van der Waals surface area contributed by atoms with Crippen LogP contribution in [-0.4, -0.2) is 28.8 Å². The molecule has 2 amide bonds. The molecule has 110 valence electrons. The van der Waals surface area contributed by atoms with Crippen molar-refractivity contribution in [1.82, 2.24) is 4.90 Å². The smallest absolute Gasteiger partial charge is 0.252 e. The molecular formula is C16H19N3O2. The first-order chi connectivity index (χ1) is 10.1. The molecule has 0 aliphatic carbocycles. The van der Waals surface area contributed by atoms with Gasteiger partial charge in [-0.15, -0.1) is 0 Å². The molecule has 5 heteroatoms. The first-order valence-corrected chi connectivity index (χ1v) is 7.15. The van der Waals surface area contributed by atoms with E-state index < -0.39 is 6.04 Å². The molecule has 21 heavy (non-hydrogen) atoms. The van der Waals surface area contributed by atoms with Crippen molar-refractivity contribution in [2.24, 2.45) is 0 Å². The van der Waals surface area contributed by atoms with E-state index in [2.05, 4.69) is 11.4 Å². The van der Waals surface area contributed by atoms with Gasteiger partial charge < -0.3 is 5.32 Å². The van der Waals surface area contributed by atoms with Crippen molar-refractivity contribution < 1.29 is 9.59 Å². The normalized spacial score (nSPS) is 19.5. The molecule has 1 N–H and O–H groups in total. The summed E-state index contributed by atoms with van der Waals surface area (Å²) in [5, 5.41) is 11.7. The molecular weight excluding hydrogens is 266 g/mol. The first kappa shape index (κ1) is 15.0. The maximum absolute atomic E-state index is 12.3. The Bertz CT molecular complexity index is 574. The highest BCUT2D eigenvalue weighted by Gasteiger charge is 2.40. The van der Waals surface area contributed by atoms with Crippen LogP contribution < -0.4 is 5.32 Å². The molecule has 2 atom stereocenters. The van der Waals surface area contributed by atoms with Crippen LogP contribution in [0.15, 0.2) is 24.3 Å². The SMILES string of the molecule is CCC(C)N1C(=O)CC(Nc2ccc(CC#N)cc2)C1=O. The lowest BCUT2D eigenvalue weighted by molar-refractivity contribution is -0.140. The van der Waals surface area contributed by atoms with Crippen LogP contribution in [0.1, 0.15) is 32.3 Å². The van der Waals surface area contributed by atoms with Gasteiger partial charge in [-0.1, -0.05) is 19.1 Å². The van der Waals surface area contributed by atoms with Crippen LogP contribution in [0.5, 0.6) is 0 Å². The van der Waals surface area contributed by atoms with Crippen LogP contribution in [0.4, 0.5) is 5.69 Å². The highest BCUT2D eigenvalue weighted by atomic mass is 16.2. The number of nitriles is 1. The van der Waals surface area contributed by atoms with Gasteiger partial charge in [0.2, 0.25) is 5.91 Å². The molecule has 1 aromatic carbocycles. The molecule has 2 rings (SSSR count). The fourth-order valence-electron chi connectivity index (χ4n) is 2.42. The van der Waals surface area contributed by atoms with Crippen molar-refractivity contribution in [3.8, 4) is 6.07 Å². The van der Waals surface area contributed by atoms with Crippen molar-refractivity contribution in [2.45, 2.75) is 45.2 Å². The molecule has 2 unspecified atom stereocenters. The summed E-state index contributed by atoms with van der Waals surface area (Å²) in [5.41, 5.74) is 1.71. The Kier molecular flexibility index (Phi) is 4.59. The molecule has 1 aliphatic heterocycles. The Balaban J connectivity index is 2.05. The number of carbonyl (C=O) groups is 2. The molecule has 0 saturated carbocycles. The Morgan fingerprint density at radius 1 is 1.38 bits per heavy atom. The minimum atomic E-state index is -0.492. The predicted octanol–water partition coefficient (Wildman–Crippen LogP) is 2.09. The maximum Gasteiger partial charge on any atom is 0.252 e. The highest BCUT2D eigenvalue weighted by molar-refractivity contribution is 6.07. The third-order valence-corrected chi connectivity index (χ3v) is 3.79. The van der Waals surface area contributed by atoms with Gasteiger partial charge in [-0.05, 0) is 31.0 Å². The van der Waals surface area contributed by atoms with Crippen molar-refractivity contribution in [1.29, 1.82) is 5.26 Å². The van der Waals surface area contributed by atoms with Crippen LogP contribution in [0, 0.1) is 11.3 Å². The lowest BCUT2D eigenvalue weighted by Crippen LogP contribution is -2.40. The maximum atomic E-state index is 12.3. The quantitative estimate of drug-likeness (QED) is 0.841. The fraction of sp³-hybridized carbons (Fsp3) is 0.438. The Morgan fingerprint density at radius 2 is 2.05 bits per heavy atom. The van der Waals surface area contributed by atoms with E-state index in [0.717, 1.165) is 17.7 Å². The third kappa shape index (κ3) is 3.22. The molecule has 0 radical (unpaired) electrons. The number of amides is 2. The van der Waals surface area contributed by atoms with Crippen molar-refractivity contribution in [2.75, 3.05) is 5.32 Å². The van der Waals surface area contributed by atoms with Crippen LogP contribution in [-0.2, 0) is 16.0 Å². The summed E-state index contributed by atoms with van der Waals surface area (Å²) >= 11 is 0. The minimum absolute atomic E-state index is 0.0604. The van der Waals surface area contributed by atoms with Gasteiger partial charge in [0.15, 0.2) is 0 Å². The van der Waals surface area contributed by atoms with Gasteiger partial charge in [0.05, 0.1) is 18.9 Å². The molecule has 0 aromatic heterocycles. The number of hydrogen-bond donors (Lipinski definition) is 1. The van der Waals surface area contributed by atoms with Gasteiger partial charge in [-0.2, -0.15) is 5.26 Å². The number of anilines is 1. The summed E-state index contributed by atoms with van der Waals surface area (Å²) in [6.07, 6.45) is 1.32. The summed E-state index contributed by atoms with van der Waals surface area (Å²) in [6, 6.07) is 8.89. The molecule has 1 aliphatic rings. The van der Waals surface area contributed by atoms with Crippen LogP contribution in [0.3, 0.4) is 0 Å². The first-order valence-electron chi connectivity index (χ1n) is 7.15. The topological polar surface area (TPSA) is 73.2 Å². The van der Waals surface area contributed by atoms with E-state index in [0.29, 0.717) is 6.42 Å². The second kappa shape index (κ2) is 6.40. The van der Waals surface area contributed by atoms with E-state index in [1.54, 1.807) is 0 Å². The number of hydrogen-bond acceptors (Lipinski definition) is 4. The summed E-state index contributed by atoms with van der Waals surface area (Å²) in [6.45, 7) is 3.84. The van der Waals surface area contributed by atoms with E-state index in [9.17, 15) is 9.59 Å². The third-order valence-electron chi connectivity index (χ3n) is 3.79. The zero-order valence-corrected chi connectivity index (χ0v) is 12.3.